The lowest BCUT2D eigenvalue weighted by Gasteiger charge is -2.41. The summed E-state index contributed by atoms with van der Waals surface area (Å²) in [4.78, 5) is 22.9. The van der Waals surface area contributed by atoms with E-state index in [9.17, 15) is 14.7 Å². The van der Waals surface area contributed by atoms with E-state index in [1.165, 1.54) is 11.8 Å². The Morgan fingerprint density at radius 2 is 1.89 bits per heavy atom. The number of hydrogen-bond acceptors (Lipinski definition) is 9. The number of anilines is 1. The molecule has 1 aliphatic heterocycles. The van der Waals surface area contributed by atoms with Gasteiger partial charge in [-0.05, 0) is 33.7 Å². The van der Waals surface area contributed by atoms with Crippen molar-refractivity contribution in [2.45, 2.75) is 50.0 Å². The van der Waals surface area contributed by atoms with Crippen LogP contribution >= 0.6 is 11.8 Å². The van der Waals surface area contributed by atoms with Crippen molar-refractivity contribution < 1.29 is 29.3 Å². The Labute approximate surface area is 218 Å². The Bertz CT molecular complexity index is 1220. The first kappa shape index (κ1) is 26.7. The third-order valence-electron chi connectivity index (χ3n) is 6.09. The van der Waals surface area contributed by atoms with Crippen molar-refractivity contribution in [1.29, 1.82) is 0 Å². The van der Waals surface area contributed by atoms with Gasteiger partial charge in [0.15, 0.2) is 6.29 Å². The molecular weight excluding hydrogens is 498 g/mol. The molecule has 1 aromatic heterocycles. The number of tetrazole rings is 1. The number of benzene rings is 2. The lowest BCUT2D eigenvalue weighted by Crippen LogP contribution is -2.38. The van der Waals surface area contributed by atoms with Crippen LogP contribution in [0.25, 0.3) is 0 Å². The van der Waals surface area contributed by atoms with Gasteiger partial charge in [0.05, 0.1) is 25.2 Å². The highest BCUT2D eigenvalue weighted by Crippen LogP contribution is 2.43. The molecule has 1 amide bonds. The molecule has 0 bridgehead atoms. The number of nitrogens with one attached hydrogen (secondary N) is 1. The number of ether oxygens (including phenoxy) is 2. The smallest absolute Gasteiger partial charge is 0.303 e. The summed E-state index contributed by atoms with van der Waals surface area (Å²) in [5, 5.41) is 33.3. The number of aromatic nitrogens is 4. The van der Waals surface area contributed by atoms with Gasteiger partial charge in [-0.3, -0.25) is 9.59 Å². The number of carbonyl (C=O) groups is 2. The van der Waals surface area contributed by atoms with Gasteiger partial charge in [0, 0.05) is 36.4 Å². The minimum Gasteiger partial charge on any atom is -0.481 e. The zero-order valence-electron chi connectivity index (χ0n) is 20.5. The molecular formula is C25H29N5O6S. The van der Waals surface area contributed by atoms with Crippen LogP contribution in [0, 0.1) is 5.92 Å². The summed E-state index contributed by atoms with van der Waals surface area (Å²) in [7, 11) is 1.78. The van der Waals surface area contributed by atoms with E-state index < -0.39 is 12.3 Å². The Kier molecular flexibility index (Phi) is 8.87. The number of nitrogens with zero attached hydrogens (tertiary/aromatic N) is 4. The molecule has 0 aliphatic carbocycles. The molecule has 4 atom stereocenters. The number of carboxylic acids is 1. The highest BCUT2D eigenvalue weighted by molar-refractivity contribution is 7.99. The Morgan fingerprint density at radius 3 is 2.57 bits per heavy atom. The molecule has 0 spiro atoms. The molecule has 3 N–H and O–H groups in total. The Balaban J connectivity index is 1.55. The third-order valence-corrected chi connectivity index (χ3v) is 7.19. The molecule has 2 aromatic carbocycles. The van der Waals surface area contributed by atoms with E-state index in [-0.39, 0.29) is 43.5 Å². The van der Waals surface area contributed by atoms with Gasteiger partial charge in [-0.15, -0.1) is 5.10 Å². The molecule has 0 radical (unpaired) electrons. The van der Waals surface area contributed by atoms with Crippen molar-refractivity contribution in [3.63, 3.8) is 0 Å². The summed E-state index contributed by atoms with van der Waals surface area (Å²) in [6, 6.07) is 14.8. The van der Waals surface area contributed by atoms with Gasteiger partial charge in [-0.1, -0.05) is 55.1 Å². The lowest BCUT2D eigenvalue weighted by molar-refractivity contribution is -0.268. The summed E-state index contributed by atoms with van der Waals surface area (Å²) in [5.41, 5.74) is 3.02. The maximum absolute atomic E-state index is 12.1. The fraction of sp³-hybridized carbons (Fsp3) is 0.400. The molecule has 1 aliphatic rings. The normalized spacial score (nSPS) is 21.5. The van der Waals surface area contributed by atoms with Crippen molar-refractivity contribution in [1.82, 2.24) is 20.2 Å². The number of aliphatic carboxylic acids is 1. The summed E-state index contributed by atoms with van der Waals surface area (Å²) in [5.74, 6) is -0.830. The molecule has 37 heavy (non-hydrogen) atoms. The average Bonchev–Trinajstić information content (AvgIpc) is 3.31. The average molecular weight is 528 g/mol. The number of carboxylic acid groups (broad SMARTS) is 1. The first-order valence-corrected chi connectivity index (χ1v) is 12.8. The van der Waals surface area contributed by atoms with Crippen LogP contribution in [0.5, 0.6) is 0 Å². The molecule has 1 saturated heterocycles. The third kappa shape index (κ3) is 6.92. The molecule has 0 unspecified atom stereocenters. The Hall–Kier alpha value is -3.32. The highest BCUT2D eigenvalue weighted by Gasteiger charge is 2.38. The number of thioether (sulfide) groups is 1. The molecule has 12 heteroatoms. The minimum atomic E-state index is -1.03. The number of amides is 1. The molecule has 11 nitrogen and oxygen atoms in total. The van der Waals surface area contributed by atoms with Crippen LogP contribution < -0.4 is 5.32 Å². The van der Waals surface area contributed by atoms with Crippen LogP contribution in [-0.2, 0) is 32.7 Å². The predicted octanol–water partition coefficient (Wildman–Crippen LogP) is 3.09. The summed E-state index contributed by atoms with van der Waals surface area (Å²) < 4.78 is 14.5. The topological polar surface area (TPSA) is 149 Å². The molecule has 3 aromatic rings. The highest BCUT2D eigenvalue weighted by atomic mass is 32.2. The zero-order chi connectivity index (χ0) is 26.4. The quantitative estimate of drug-likeness (QED) is 0.336. The first-order chi connectivity index (χ1) is 17.8. The summed E-state index contributed by atoms with van der Waals surface area (Å²) >= 11 is 1.49. The molecule has 1 fully saturated rings. The second-order valence-electron chi connectivity index (χ2n) is 8.79. The van der Waals surface area contributed by atoms with Gasteiger partial charge in [0.2, 0.25) is 11.1 Å². The van der Waals surface area contributed by atoms with Gasteiger partial charge < -0.3 is 25.0 Å². The van der Waals surface area contributed by atoms with E-state index in [0.29, 0.717) is 16.6 Å². The van der Waals surface area contributed by atoms with Gasteiger partial charge >= 0.3 is 5.97 Å². The summed E-state index contributed by atoms with van der Waals surface area (Å²) in [6.45, 7) is 2.03. The zero-order valence-corrected chi connectivity index (χ0v) is 21.3. The van der Waals surface area contributed by atoms with E-state index >= 15 is 0 Å². The predicted molar refractivity (Wildman–Crippen MR) is 134 cm³/mol. The van der Waals surface area contributed by atoms with Gasteiger partial charge in [-0.25, -0.2) is 4.68 Å². The van der Waals surface area contributed by atoms with Crippen LogP contribution in [0.3, 0.4) is 0 Å². The van der Waals surface area contributed by atoms with Gasteiger partial charge in [0.25, 0.3) is 0 Å². The maximum Gasteiger partial charge on any atom is 0.303 e. The number of carbonyl (C=O) groups excluding carboxylic acids is 1. The first-order valence-electron chi connectivity index (χ1n) is 11.8. The van der Waals surface area contributed by atoms with Gasteiger partial charge in [-0.2, -0.15) is 0 Å². The fourth-order valence-corrected chi connectivity index (χ4v) is 5.03. The van der Waals surface area contributed by atoms with Crippen LogP contribution in [0.1, 0.15) is 48.8 Å². The number of rotatable bonds is 10. The number of hydrogen-bond donors (Lipinski definition) is 3. The van der Waals surface area contributed by atoms with Crippen molar-refractivity contribution >= 4 is 29.3 Å². The molecule has 0 saturated carbocycles. The lowest BCUT2D eigenvalue weighted by atomic mass is 9.91. The van der Waals surface area contributed by atoms with Crippen LogP contribution in [0.15, 0.2) is 53.7 Å². The van der Waals surface area contributed by atoms with Crippen LogP contribution in [0.2, 0.25) is 0 Å². The second kappa shape index (κ2) is 12.3. The largest absolute Gasteiger partial charge is 0.481 e. The minimum absolute atomic E-state index is 0.0104. The number of aliphatic hydroxyl groups is 1. The van der Waals surface area contributed by atoms with Gasteiger partial charge in [0.1, 0.15) is 0 Å². The van der Waals surface area contributed by atoms with Crippen molar-refractivity contribution in [2.24, 2.45) is 13.0 Å². The molecule has 196 valence electrons. The molecule has 4 rings (SSSR count). The van der Waals surface area contributed by atoms with Crippen LogP contribution in [-0.4, -0.2) is 54.2 Å². The number of aliphatic hydroxyl groups excluding tert-OH is 1. The standard InChI is InChI=1S/C25H29N5O6S/c1-15-20(14-37-25-27-28-29-30(25)2)35-24(36-23(15)17-8-6-16(13-31)7-9-17)18-4-3-5-19(12-18)26-21(32)10-11-22(33)34/h3-9,12,15,20,23-24,31H,10-11,13-14H2,1-2H3,(H,26,32)(H,33,34)/t15-,20+,23+,24+/m1/s1. The van der Waals surface area contributed by atoms with Crippen molar-refractivity contribution in [2.75, 3.05) is 11.1 Å². The van der Waals surface area contributed by atoms with E-state index in [4.69, 9.17) is 14.6 Å². The van der Waals surface area contributed by atoms with E-state index in [1.54, 1.807) is 29.9 Å². The van der Waals surface area contributed by atoms with Crippen LogP contribution in [0.4, 0.5) is 5.69 Å². The molecule has 2 heterocycles. The SMILES string of the molecule is C[C@@H]1[C@H](CSc2nnnn2C)O[C@H](c2cccc(NC(=O)CCC(=O)O)c2)O[C@@H]1c1ccc(CO)cc1. The summed E-state index contributed by atoms with van der Waals surface area (Å²) in [6.07, 6.45) is -1.57. The van der Waals surface area contributed by atoms with E-state index in [2.05, 4.69) is 27.8 Å². The van der Waals surface area contributed by atoms with Crippen molar-refractivity contribution in [3.8, 4) is 0 Å². The second-order valence-corrected chi connectivity index (χ2v) is 9.77. The monoisotopic (exact) mass is 527 g/mol. The van der Waals surface area contributed by atoms with Crippen molar-refractivity contribution in [3.05, 3.63) is 65.2 Å². The fourth-order valence-electron chi connectivity index (χ4n) is 4.02. The number of aryl methyl sites for hydroxylation is 1. The van der Waals surface area contributed by atoms with E-state index in [0.717, 1.165) is 16.7 Å². The maximum atomic E-state index is 12.1. The van der Waals surface area contributed by atoms with E-state index in [1.807, 2.05) is 30.3 Å². The Morgan fingerprint density at radius 1 is 1.11 bits per heavy atom.